The molecule has 0 aliphatic carbocycles. The second kappa shape index (κ2) is 8.45. The number of rotatable bonds is 6. The number of carbonyl (C=O) groups excluding carboxylic acids is 2. The molecule has 0 bridgehead atoms. The van der Waals surface area contributed by atoms with Gasteiger partial charge in [-0.1, -0.05) is 30.3 Å². The first kappa shape index (κ1) is 17.9. The Kier molecular flexibility index (Phi) is 5.81. The number of hydrogen-bond donors (Lipinski definition) is 2. The monoisotopic (exact) mass is 364 g/mol. The van der Waals surface area contributed by atoms with Crippen molar-refractivity contribution in [2.45, 2.75) is 6.92 Å². The first-order valence-electron chi connectivity index (χ1n) is 8.40. The highest BCUT2D eigenvalue weighted by molar-refractivity contribution is 7.08. The maximum atomic E-state index is 12.3. The fourth-order valence-electron chi connectivity index (χ4n) is 2.65. The third-order valence-electron chi connectivity index (χ3n) is 4.07. The molecule has 2 amide bonds. The molecule has 0 fully saturated rings. The molecule has 3 aromatic rings. The standard InChI is InChI=1S/C21H20N2O2S/c1-15-5-2-3-8-19(15)21(25)23-11-10-22-20(24)17-7-4-6-16(13-17)18-9-12-26-14-18/h2-9,12-14H,10-11H2,1H3,(H,22,24)(H,23,25). The highest BCUT2D eigenvalue weighted by Crippen LogP contribution is 2.22. The molecular weight excluding hydrogens is 344 g/mol. The molecule has 0 spiro atoms. The Morgan fingerprint density at radius 3 is 2.38 bits per heavy atom. The molecule has 0 saturated carbocycles. The maximum Gasteiger partial charge on any atom is 0.251 e. The van der Waals surface area contributed by atoms with E-state index in [1.807, 2.05) is 54.8 Å². The average molecular weight is 364 g/mol. The molecule has 0 aliphatic rings. The summed E-state index contributed by atoms with van der Waals surface area (Å²) in [6, 6.07) is 17.0. The molecule has 132 valence electrons. The summed E-state index contributed by atoms with van der Waals surface area (Å²) < 4.78 is 0. The number of thiophene rings is 1. The van der Waals surface area contributed by atoms with Crippen molar-refractivity contribution in [1.82, 2.24) is 10.6 Å². The van der Waals surface area contributed by atoms with E-state index in [1.165, 1.54) is 0 Å². The first-order chi connectivity index (χ1) is 12.6. The van der Waals surface area contributed by atoms with Gasteiger partial charge < -0.3 is 10.6 Å². The Morgan fingerprint density at radius 2 is 1.65 bits per heavy atom. The molecule has 1 heterocycles. The quantitative estimate of drug-likeness (QED) is 0.652. The van der Waals surface area contributed by atoms with Crippen LogP contribution < -0.4 is 10.6 Å². The van der Waals surface area contributed by atoms with Gasteiger partial charge >= 0.3 is 0 Å². The van der Waals surface area contributed by atoms with Crippen molar-refractivity contribution in [3.05, 3.63) is 82.0 Å². The van der Waals surface area contributed by atoms with Gasteiger partial charge in [0.2, 0.25) is 0 Å². The zero-order chi connectivity index (χ0) is 18.4. The average Bonchev–Trinajstić information content (AvgIpc) is 3.20. The molecule has 0 atom stereocenters. The van der Waals surface area contributed by atoms with Crippen LogP contribution in [0.2, 0.25) is 0 Å². The topological polar surface area (TPSA) is 58.2 Å². The summed E-state index contributed by atoms with van der Waals surface area (Å²) in [6.45, 7) is 2.65. The normalized spacial score (nSPS) is 10.3. The minimum Gasteiger partial charge on any atom is -0.350 e. The van der Waals surface area contributed by atoms with Gasteiger partial charge in [-0.2, -0.15) is 11.3 Å². The summed E-state index contributed by atoms with van der Waals surface area (Å²) in [5.41, 5.74) is 4.32. The van der Waals surface area contributed by atoms with Crippen LogP contribution >= 0.6 is 11.3 Å². The van der Waals surface area contributed by atoms with Crippen molar-refractivity contribution in [1.29, 1.82) is 0 Å². The van der Waals surface area contributed by atoms with Crippen LogP contribution in [-0.2, 0) is 0 Å². The zero-order valence-electron chi connectivity index (χ0n) is 14.5. The Morgan fingerprint density at radius 1 is 0.885 bits per heavy atom. The first-order valence-corrected chi connectivity index (χ1v) is 9.34. The van der Waals surface area contributed by atoms with E-state index in [0.717, 1.165) is 16.7 Å². The van der Waals surface area contributed by atoms with Crippen molar-refractivity contribution >= 4 is 23.2 Å². The van der Waals surface area contributed by atoms with Crippen LogP contribution in [0.3, 0.4) is 0 Å². The van der Waals surface area contributed by atoms with Crippen molar-refractivity contribution in [3.8, 4) is 11.1 Å². The second-order valence-electron chi connectivity index (χ2n) is 5.92. The van der Waals surface area contributed by atoms with Gasteiger partial charge in [-0.3, -0.25) is 9.59 Å². The van der Waals surface area contributed by atoms with Crippen molar-refractivity contribution < 1.29 is 9.59 Å². The summed E-state index contributed by atoms with van der Waals surface area (Å²) in [5, 5.41) is 9.74. The van der Waals surface area contributed by atoms with Crippen LogP contribution in [0.1, 0.15) is 26.3 Å². The minimum atomic E-state index is -0.146. The lowest BCUT2D eigenvalue weighted by Gasteiger charge is -2.09. The summed E-state index contributed by atoms with van der Waals surface area (Å²) in [6.07, 6.45) is 0. The van der Waals surface area contributed by atoms with E-state index >= 15 is 0 Å². The van der Waals surface area contributed by atoms with Crippen molar-refractivity contribution in [3.63, 3.8) is 0 Å². The van der Waals surface area contributed by atoms with E-state index in [4.69, 9.17) is 0 Å². The molecule has 0 saturated heterocycles. The maximum absolute atomic E-state index is 12.3. The van der Waals surface area contributed by atoms with Crippen LogP contribution in [0, 0.1) is 6.92 Å². The zero-order valence-corrected chi connectivity index (χ0v) is 15.3. The number of benzene rings is 2. The van der Waals surface area contributed by atoms with Gasteiger partial charge in [0.1, 0.15) is 0 Å². The molecule has 4 nitrogen and oxygen atoms in total. The van der Waals surface area contributed by atoms with Gasteiger partial charge in [-0.15, -0.1) is 0 Å². The van der Waals surface area contributed by atoms with Crippen molar-refractivity contribution in [2.24, 2.45) is 0 Å². The SMILES string of the molecule is Cc1ccccc1C(=O)NCCNC(=O)c1cccc(-c2ccsc2)c1. The Labute approximate surface area is 156 Å². The lowest BCUT2D eigenvalue weighted by atomic mass is 10.1. The molecule has 1 aromatic heterocycles. The van der Waals surface area contributed by atoms with E-state index < -0.39 is 0 Å². The van der Waals surface area contributed by atoms with Crippen LogP contribution in [0.5, 0.6) is 0 Å². The number of aryl methyl sites for hydroxylation is 1. The number of nitrogens with one attached hydrogen (secondary N) is 2. The highest BCUT2D eigenvalue weighted by atomic mass is 32.1. The molecule has 26 heavy (non-hydrogen) atoms. The molecule has 2 N–H and O–H groups in total. The Balaban J connectivity index is 1.51. The van der Waals surface area contributed by atoms with Crippen molar-refractivity contribution in [2.75, 3.05) is 13.1 Å². The van der Waals surface area contributed by atoms with E-state index in [9.17, 15) is 9.59 Å². The highest BCUT2D eigenvalue weighted by Gasteiger charge is 2.09. The van der Waals surface area contributed by atoms with Crippen LogP contribution in [0.4, 0.5) is 0 Å². The van der Waals surface area contributed by atoms with Gasteiger partial charge in [-0.05, 0) is 58.6 Å². The third kappa shape index (κ3) is 4.37. The van der Waals surface area contributed by atoms with Gasteiger partial charge in [0, 0.05) is 24.2 Å². The number of amides is 2. The van der Waals surface area contributed by atoms with Crippen LogP contribution in [0.25, 0.3) is 11.1 Å². The van der Waals surface area contributed by atoms with E-state index in [2.05, 4.69) is 16.0 Å². The molecule has 2 aromatic carbocycles. The fraction of sp³-hybridized carbons (Fsp3) is 0.143. The smallest absolute Gasteiger partial charge is 0.251 e. The van der Waals surface area contributed by atoms with Crippen LogP contribution in [-0.4, -0.2) is 24.9 Å². The lowest BCUT2D eigenvalue weighted by Crippen LogP contribution is -2.34. The lowest BCUT2D eigenvalue weighted by molar-refractivity contribution is 0.0927. The molecule has 0 aliphatic heterocycles. The Bertz CT molecular complexity index is 904. The van der Waals surface area contributed by atoms with E-state index in [1.54, 1.807) is 23.5 Å². The van der Waals surface area contributed by atoms with Crippen LogP contribution in [0.15, 0.2) is 65.4 Å². The fourth-order valence-corrected chi connectivity index (χ4v) is 3.31. The molecule has 0 unspecified atom stereocenters. The predicted molar refractivity (Wildman–Crippen MR) is 106 cm³/mol. The van der Waals surface area contributed by atoms with E-state index in [-0.39, 0.29) is 11.8 Å². The number of carbonyl (C=O) groups is 2. The summed E-state index contributed by atoms with van der Waals surface area (Å²) in [7, 11) is 0. The summed E-state index contributed by atoms with van der Waals surface area (Å²) >= 11 is 1.63. The molecule has 0 radical (unpaired) electrons. The van der Waals surface area contributed by atoms with Gasteiger partial charge in [0.15, 0.2) is 0 Å². The minimum absolute atomic E-state index is 0.128. The number of hydrogen-bond acceptors (Lipinski definition) is 3. The molecule has 3 rings (SSSR count). The molecular formula is C21H20N2O2S. The summed E-state index contributed by atoms with van der Waals surface area (Å²) in [4.78, 5) is 24.4. The van der Waals surface area contributed by atoms with Gasteiger partial charge in [0.25, 0.3) is 11.8 Å². The second-order valence-corrected chi connectivity index (χ2v) is 6.70. The van der Waals surface area contributed by atoms with Gasteiger partial charge in [-0.25, -0.2) is 0 Å². The predicted octanol–water partition coefficient (Wildman–Crippen LogP) is 3.88. The third-order valence-corrected chi connectivity index (χ3v) is 4.75. The van der Waals surface area contributed by atoms with E-state index in [0.29, 0.717) is 24.2 Å². The largest absolute Gasteiger partial charge is 0.350 e. The summed E-state index contributed by atoms with van der Waals surface area (Å²) in [5.74, 6) is -0.274. The van der Waals surface area contributed by atoms with Gasteiger partial charge in [0.05, 0.1) is 0 Å². The Hall–Kier alpha value is -2.92. The molecule has 5 heteroatoms.